The van der Waals surface area contributed by atoms with E-state index in [0.29, 0.717) is 19.1 Å². The van der Waals surface area contributed by atoms with Gasteiger partial charge in [-0.1, -0.05) is 13.0 Å². The fourth-order valence-electron chi connectivity index (χ4n) is 2.31. The third-order valence-corrected chi connectivity index (χ3v) is 3.54. The lowest BCUT2D eigenvalue weighted by molar-refractivity contribution is -0.145. The number of carbonyl (C=O) groups is 2. The summed E-state index contributed by atoms with van der Waals surface area (Å²) in [5.41, 5.74) is 0. The predicted octanol–water partition coefficient (Wildman–Crippen LogP) is 1.30. The maximum atomic E-state index is 12.2. The molecule has 0 saturated carbocycles. The number of hydrogen-bond donors (Lipinski definition) is 0. The maximum Gasteiger partial charge on any atom is 0.320 e. The molecule has 1 rings (SSSR count). The van der Waals surface area contributed by atoms with Crippen LogP contribution in [0, 0.1) is 5.92 Å². The molecule has 20 heavy (non-hydrogen) atoms. The SMILES string of the molecule is C=CCN(CC(=O)OCC)CC(=O)N1CCC(C)CC1. The van der Waals surface area contributed by atoms with E-state index in [2.05, 4.69) is 13.5 Å². The van der Waals surface area contributed by atoms with Crippen LogP contribution in [0.25, 0.3) is 0 Å². The molecule has 0 aromatic heterocycles. The molecule has 0 aliphatic carbocycles. The Balaban J connectivity index is 2.45. The Hall–Kier alpha value is -1.36. The highest BCUT2D eigenvalue weighted by molar-refractivity contribution is 5.79. The van der Waals surface area contributed by atoms with E-state index in [-0.39, 0.29) is 25.0 Å². The molecule has 0 bridgehead atoms. The number of amides is 1. The Kier molecular flexibility index (Phi) is 7.30. The molecule has 0 atom stereocenters. The number of rotatable bonds is 7. The Morgan fingerprint density at radius 2 is 2.00 bits per heavy atom. The fourth-order valence-corrected chi connectivity index (χ4v) is 2.31. The van der Waals surface area contributed by atoms with Gasteiger partial charge < -0.3 is 9.64 Å². The molecule has 0 N–H and O–H groups in total. The summed E-state index contributed by atoms with van der Waals surface area (Å²) < 4.78 is 4.92. The van der Waals surface area contributed by atoms with Gasteiger partial charge in [-0.05, 0) is 25.7 Å². The molecule has 1 saturated heterocycles. The number of likely N-dealkylation sites (tertiary alicyclic amines) is 1. The lowest BCUT2D eigenvalue weighted by Gasteiger charge is -2.32. The van der Waals surface area contributed by atoms with Crippen molar-refractivity contribution < 1.29 is 14.3 Å². The molecule has 5 nitrogen and oxygen atoms in total. The van der Waals surface area contributed by atoms with Crippen molar-refractivity contribution in [2.45, 2.75) is 26.7 Å². The fraction of sp³-hybridized carbons (Fsp3) is 0.733. The van der Waals surface area contributed by atoms with Gasteiger partial charge in [0.2, 0.25) is 5.91 Å². The quantitative estimate of drug-likeness (QED) is 0.521. The smallest absolute Gasteiger partial charge is 0.320 e. The number of esters is 1. The van der Waals surface area contributed by atoms with Crippen LogP contribution in [0.5, 0.6) is 0 Å². The number of nitrogens with zero attached hydrogens (tertiary/aromatic N) is 2. The number of carbonyl (C=O) groups excluding carboxylic acids is 2. The molecule has 1 aliphatic rings. The second-order valence-electron chi connectivity index (χ2n) is 5.33. The molecule has 0 radical (unpaired) electrons. The first kappa shape index (κ1) is 16.7. The summed E-state index contributed by atoms with van der Waals surface area (Å²) >= 11 is 0. The van der Waals surface area contributed by atoms with E-state index in [9.17, 15) is 9.59 Å². The summed E-state index contributed by atoms with van der Waals surface area (Å²) in [7, 11) is 0. The zero-order valence-electron chi connectivity index (χ0n) is 12.6. The summed E-state index contributed by atoms with van der Waals surface area (Å²) in [6, 6.07) is 0. The van der Waals surface area contributed by atoms with Crippen LogP contribution in [-0.4, -0.2) is 61.0 Å². The van der Waals surface area contributed by atoms with Crippen LogP contribution in [0.4, 0.5) is 0 Å². The Labute approximate surface area is 121 Å². The van der Waals surface area contributed by atoms with E-state index >= 15 is 0 Å². The molecule has 0 aromatic carbocycles. The zero-order valence-corrected chi connectivity index (χ0v) is 12.6. The second kappa shape index (κ2) is 8.74. The number of ether oxygens (including phenoxy) is 1. The minimum Gasteiger partial charge on any atom is -0.465 e. The van der Waals surface area contributed by atoms with E-state index in [1.165, 1.54) is 0 Å². The van der Waals surface area contributed by atoms with Gasteiger partial charge in [-0.2, -0.15) is 0 Å². The van der Waals surface area contributed by atoms with Crippen LogP contribution in [-0.2, 0) is 14.3 Å². The lowest BCUT2D eigenvalue weighted by atomic mass is 9.99. The van der Waals surface area contributed by atoms with Crippen molar-refractivity contribution in [3.63, 3.8) is 0 Å². The van der Waals surface area contributed by atoms with Crippen molar-refractivity contribution in [3.8, 4) is 0 Å². The first-order chi connectivity index (χ1) is 9.56. The van der Waals surface area contributed by atoms with Crippen LogP contribution in [0.3, 0.4) is 0 Å². The largest absolute Gasteiger partial charge is 0.465 e. The summed E-state index contributed by atoms with van der Waals surface area (Å²) in [6.45, 7) is 10.5. The van der Waals surface area contributed by atoms with Gasteiger partial charge in [0, 0.05) is 19.6 Å². The molecule has 1 aliphatic heterocycles. The summed E-state index contributed by atoms with van der Waals surface area (Å²) in [5, 5.41) is 0. The Bertz CT molecular complexity index is 336. The van der Waals surface area contributed by atoms with Crippen LogP contribution in [0.1, 0.15) is 26.7 Å². The third kappa shape index (κ3) is 5.74. The highest BCUT2D eigenvalue weighted by Crippen LogP contribution is 2.16. The van der Waals surface area contributed by atoms with Gasteiger partial charge in [0.25, 0.3) is 0 Å². The number of hydrogen-bond acceptors (Lipinski definition) is 4. The minimum absolute atomic E-state index is 0.0862. The van der Waals surface area contributed by atoms with Gasteiger partial charge in [0.15, 0.2) is 0 Å². The van der Waals surface area contributed by atoms with Crippen LogP contribution in [0.15, 0.2) is 12.7 Å². The Morgan fingerprint density at radius 1 is 1.35 bits per heavy atom. The number of piperidine rings is 1. The molecule has 0 aromatic rings. The van der Waals surface area contributed by atoms with Crippen molar-refractivity contribution in [3.05, 3.63) is 12.7 Å². The third-order valence-electron chi connectivity index (χ3n) is 3.54. The van der Waals surface area contributed by atoms with Crippen molar-refractivity contribution in [1.29, 1.82) is 0 Å². The van der Waals surface area contributed by atoms with E-state index < -0.39 is 0 Å². The first-order valence-electron chi connectivity index (χ1n) is 7.33. The zero-order chi connectivity index (χ0) is 15.0. The van der Waals surface area contributed by atoms with Crippen LogP contribution >= 0.6 is 0 Å². The molecule has 1 amide bonds. The van der Waals surface area contributed by atoms with Crippen molar-refractivity contribution in [1.82, 2.24) is 9.80 Å². The van der Waals surface area contributed by atoms with E-state index in [1.54, 1.807) is 17.9 Å². The standard InChI is InChI=1S/C15H26N2O3/c1-4-8-16(12-15(19)20-5-2)11-14(18)17-9-6-13(3)7-10-17/h4,13H,1,5-12H2,2-3H3. The Morgan fingerprint density at radius 3 is 2.55 bits per heavy atom. The molecule has 114 valence electrons. The average Bonchev–Trinajstić information content (AvgIpc) is 2.39. The van der Waals surface area contributed by atoms with Crippen LogP contribution < -0.4 is 0 Å². The average molecular weight is 282 g/mol. The highest BCUT2D eigenvalue weighted by Gasteiger charge is 2.22. The lowest BCUT2D eigenvalue weighted by Crippen LogP contribution is -2.45. The van der Waals surface area contributed by atoms with Gasteiger partial charge in [-0.15, -0.1) is 6.58 Å². The second-order valence-corrected chi connectivity index (χ2v) is 5.33. The highest BCUT2D eigenvalue weighted by atomic mass is 16.5. The van der Waals surface area contributed by atoms with Crippen molar-refractivity contribution >= 4 is 11.9 Å². The molecule has 1 heterocycles. The van der Waals surface area contributed by atoms with Crippen molar-refractivity contribution in [2.24, 2.45) is 5.92 Å². The van der Waals surface area contributed by atoms with E-state index in [1.807, 2.05) is 4.90 Å². The van der Waals surface area contributed by atoms with Gasteiger partial charge >= 0.3 is 5.97 Å². The maximum absolute atomic E-state index is 12.2. The van der Waals surface area contributed by atoms with E-state index in [0.717, 1.165) is 25.9 Å². The van der Waals surface area contributed by atoms with Crippen LogP contribution in [0.2, 0.25) is 0 Å². The minimum atomic E-state index is -0.297. The normalized spacial score (nSPS) is 16.2. The summed E-state index contributed by atoms with van der Waals surface area (Å²) in [5.74, 6) is 0.486. The molecule has 0 spiro atoms. The van der Waals surface area contributed by atoms with Gasteiger partial charge in [0.05, 0.1) is 19.7 Å². The van der Waals surface area contributed by atoms with Gasteiger partial charge in [-0.3, -0.25) is 14.5 Å². The predicted molar refractivity (Wildman–Crippen MR) is 78.2 cm³/mol. The molecular formula is C15H26N2O3. The van der Waals surface area contributed by atoms with E-state index in [4.69, 9.17) is 4.74 Å². The molecular weight excluding hydrogens is 256 g/mol. The molecule has 0 unspecified atom stereocenters. The monoisotopic (exact) mass is 282 g/mol. The van der Waals surface area contributed by atoms with Gasteiger partial charge in [-0.25, -0.2) is 0 Å². The molecule has 5 heteroatoms. The van der Waals surface area contributed by atoms with Gasteiger partial charge in [0.1, 0.15) is 0 Å². The molecule has 1 fully saturated rings. The first-order valence-corrected chi connectivity index (χ1v) is 7.33. The van der Waals surface area contributed by atoms with Crippen molar-refractivity contribution in [2.75, 3.05) is 39.3 Å². The summed E-state index contributed by atoms with van der Waals surface area (Å²) in [4.78, 5) is 27.4. The topological polar surface area (TPSA) is 49.9 Å². The summed E-state index contributed by atoms with van der Waals surface area (Å²) in [6.07, 6.45) is 3.82.